The van der Waals surface area contributed by atoms with Crippen molar-refractivity contribution in [2.45, 2.75) is 50.7 Å². The lowest BCUT2D eigenvalue weighted by Crippen LogP contribution is -2.55. The van der Waals surface area contributed by atoms with Crippen LogP contribution in [0.5, 0.6) is 5.75 Å². The number of carbonyl (C=O) groups excluding carboxylic acids is 1. The lowest BCUT2D eigenvalue weighted by molar-refractivity contribution is -0.136. The molecule has 3 aliphatic rings. The molecule has 2 aliphatic heterocycles. The van der Waals surface area contributed by atoms with Gasteiger partial charge in [-0.05, 0) is 43.4 Å². The van der Waals surface area contributed by atoms with E-state index in [9.17, 15) is 4.79 Å². The van der Waals surface area contributed by atoms with Crippen LogP contribution in [-0.4, -0.2) is 42.6 Å². The second-order valence-electron chi connectivity index (χ2n) is 7.55. The number of piperidine rings is 1. The first-order valence-corrected chi connectivity index (χ1v) is 9.55. The van der Waals surface area contributed by atoms with Gasteiger partial charge in [0, 0.05) is 13.0 Å². The number of nitrogens with one attached hydrogen (secondary N) is 1. The lowest BCUT2D eigenvalue weighted by Gasteiger charge is -2.42. The zero-order valence-corrected chi connectivity index (χ0v) is 14.3. The Bertz CT molecular complexity index is 560. The average molecular weight is 328 g/mol. The number of hydrogen-bond donors (Lipinski definition) is 1. The molecule has 4 heteroatoms. The van der Waals surface area contributed by atoms with E-state index in [0.717, 1.165) is 37.7 Å². The Kier molecular flexibility index (Phi) is 4.74. The van der Waals surface area contributed by atoms with Crippen LogP contribution in [0.3, 0.4) is 0 Å². The summed E-state index contributed by atoms with van der Waals surface area (Å²) in [6, 6.07) is 9.98. The Labute approximate surface area is 144 Å². The number of likely N-dealkylation sites (tertiary alicyclic amines) is 1. The predicted octanol–water partition coefficient (Wildman–Crippen LogP) is 2.83. The molecular formula is C20H28N2O2. The number of amides is 1. The van der Waals surface area contributed by atoms with Gasteiger partial charge in [0.15, 0.2) is 0 Å². The molecule has 0 spiro atoms. The van der Waals surface area contributed by atoms with E-state index in [1.54, 1.807) is 0 Å². The number of fused-ring (bicyclic) bond motifs is 1. The molecule has 4 rings (SSSR count). The van der Waals surface area contributed by atoms with Gasteiger partial charge in [0.2, 0.25) is 5.91 Å². The molecule has 24 heavy (non-hydrogen) atoms. The second kappa shape index (κ2) is 7.14. The van der Waals surface area contributed by atoms with Crippen molar-refractivity contribution >= 4 is 5.91 Å². The Morgan fingerprint density at radius 2 is 1.92 bits per heavy atom. The smallest absolute Gasteiger partial charge is 0.240 e. The zero-order valence-electron chi connectivity index (χ0n) is 14.3. The highest BCUT2D eigenvalue weighted by atomic mass is 16.5. The van der Waals surface area contributed by atoms with Gasteiger partial charge in [-0.3, -0.25) is 4.79 Å². The van der Waals surface area contributed by atoms with Crippen LogP contribution in [0.4, 0.5) is 0 Å². The van der Waals surface area contributed by atoms with Crippen LogP contribution in [0.15, 0.2) is 30.3 Å². The summed E-state index contributed by atoms with van der Waals surface area (Å²) in [5.41, 5.74) is 0. The minimum absolute atomic E-state index is 0.0412. The van der Waals surface area contributed by atoms with Gasteiger partial charge in [-0.25, -0.2) is 0 Å². The van der Waals surface area contributed by atoms with Gasteiger partial charge in [0.05, 0.1) is 12.6 Å². The van der Waals surface area contributed by atoms with Crippen molar-refractivity contribution in [1.82, 2.24) is 10.2 Å². The predicted molar refractivity (Wildman–Crippen MR) is 93.9 cm³/mol. The first-order valence-electron chi connectivity index (χ1n) is 9.55. The van der Waals surface area contributed by atoms with Crippen molar-refractivity contribution in [1.29, 1.82) is 0 Å². The molecule has 1 aliphatic carbocycles. The summed E-state index contributed by atoms with van der Waals surface area (Å²) in [5, 5.41) is 3.53. The maximum atomic E-state index is 13.1. The van der Waals surface area contributed by atoms with Crippen LogP contribution in [0.25, 0.3) is 0 Å². The van der Waals surface area contributed by atoms with Crippen molar-refractivity contribution < 1.29 is 9.53 Å². The number of nitrogens with zero attached hydrogens (tertiary/aromatic N) is 1. The van der Waals surface area contributed by atoms with E-state index in [-0.39, 0.29) is 12.1 Å². The van der Waals surface area contributed by atoms with Crippen LogP contribution in [-0.2, 0) is 4.79 Å². The van der Waals surface area contributed by atoms with Crippen molar-refractivity contribution in [3.05, 3.63) is 30.3 Å². The van der Waals surface area contributed by atoms with E-state index in [1.165, 1.54) is 32.1 Å². The van der Waals surface area contributed by atoms with Crippen LogP contribution in [0.2, 0.25) is 0 Å². The minimum Gasteiger partial charge on any atom is -0.489 e. The Morgan fingerprint density at radius 1 is 1.08 bits per heavy atom. The summed E-state index contributed by atoms with van der Waals surface area (Å²) in [7, 11) is 0. The van der Waals surface area contributed by atoms with Crippen molar-refractivity contribution in [3.63, 3.8) is 0 Å². The van der Waals surface area contributed by atoms with Gasteiger partial charge in [0.1, 0.15) is 11.9 Å². The normalized spacial score (nSPS) is 33.1. The fourth-order valence-electron chi connectivity index (χ4n) is 4.79. The summed E-state index contributed by atoms with van der Waals surface area (Å²) in [6.07, 6.45) is 7.46. The van der Waals surface area contributed by atoms with E-state index < -0.39 is 0 Å². The van der Waals surface area contributed by atoms with Crippen LogP contribution < -0.4 is 10.1 Å². The largest absolute Gasteiger partial charge is 0.489 e. The number of hydrogen-bond acceptors (Lipinski definition) is 3. The first kappa shape index (κ1) is 15.9. The summed E-state index contributed by atoms with van der Waals surface area (Å²) in [6.45, 7) is 2.55. The third-order valence-electron chi connectivity index (χ3n) is 6.04. The van der Waals surface area contributed by atoms with E-state index in [0.29, 0.717) is 11.8 Å². The maximum absolute atomic E-state index is 13.1. The fourth-order valence-corrected chi connectivity index (χ4v) is 4.79. The lowest BCUT2D eigenvalue weighted by atomic mass is 9.71. The third kappa shape index (κ3) is 3.30. The molecule has 1 N–H and O–H groups in total. The fraction of sp³-hybridized carbons (Fsp3) is 0.650. The molecule has 0 aromatic heterocycles. The summed E-state index contributed by atoms with van der Waals surface area (Å²) >= 11 is 0. The van der Waals surface area contributed by atoms with E-state index in [2.05, 4.69) is 5.32 Å². The number of ether oxygens (including phenoxy) is 1. The van der Waals surface area contributed by atoms with E-state index >= 15 is 0 Å². The van der Waals surface area contributed by atoms with E-state index in [4.69, 9.17) is 4.74 Å². The van der Waals surface area contributed by atoms with Gasteiger partial charge in [0.25, 0.3) is 0 Å². The van der Waals surface area contributed by atoms with Gasteiger partial charge < -0.3 is 15.0 Å². The van der Waals surface area contributed by atoms with Crippen molar-refractivity contribution in [3.8, 4) is 5.75 Å². The SMILES string of the molecule is O=C([C@@H]1NCC[C@@H]2CCCC[C@@H]21)N1CC[C@H](Oc2ccccc2)C1. The molecule has 2 saturated heterocycles. The van der Waals surface area contributed by atoms with Gasteiger partial charge in [-0.2, -0.15) is 0 Å². The van der Waals surface area contributed by atoms with Crippen LogP contribution in [0, 0.1) is 11.8 Å². The van der Waals surface area contributed by atoms with Gasteiger partial charge in [-0.15, -0.1) is 0 Å². The number of para-hydroxylation sites is 1. The molecule has 3 fully saturated rings. The van der Waals surface area contributed by atoms with Crippen LogP contribution >= 0.6 is 0 Å². The molecule has 1 aromatic carbocycles. The van der Waals surface area contributed by atoms with Crippen molar-refractivity contribution in [2.75, 3.05) is 19.6 Å². The van der Waals surface area contributed by atoms with Crippen molar-refractivity contribution in [2.24, 2.45) is 11.8 Å². The monoisotopic (exact) mass is 328 g/mol. The first-order chi connectivity index (χ1) is 11.8. The number of rotatable bonds is 3. The Hall–Kier alpha value is -1.55. The number of benzene rings is 1. The average Bonchev–Trinajstić information content (AvgIpc) is 3.10. The topological polar surface area (TPSA) is 41.6 Å². The molecule has 130 valence electrons. The summed E-state index contributed by atoms with van der Waals surface area (Å²) < 4.78 is 6.04. The molecule has 0 unspecified atom stereocenters. The maximum Gasteiger partial charge on any atom is 0.240 e. The zero-order chi connectivity index (χ0) is 16.4. The molecule has 0 radical (unpaired) electrons. The molecule has 2 heterocycles. The second-order valence-corrected chi connectivity index (χ2v) is 7.55. The highest BCUT2D eigenvalue weighted by Crippen LogP contribution is 2.37. The Balaban J connectivity index is 1.36. The van der Waals surface area contributed by atoms with Crippen LogP contribution in [0.1, 0.15) is 38.5 Å². The summed E-state index contributed by atoms with van der Waals surface area (Å²) in [4.78, 5) is 15.1. The molecule has 1 aromatic rings. The van der Waals surface area contributed by atoms with Gasteiger partial charge in [-0.1, -0.05) is 37.5 Å². The highest BCUT2D eigenvalue weighted by molar-refractivity contribution is 5.82. The molecule has 0 bridgehead atoms. The third-order valence-corrected chi connectivity index (χ3v) is 6.04. The standard InChI is InChI=1S/C20H28N2O2/c23-20(19-18-9-5-4-6-15(18)10-12-21-19)22-13-11-17(14-22)24-16-7-2-1-3-8-16/h1-3,7-8,15,17-19,21H,4-6,9-14H2/t15-,17-,18-,19+/m0/s1. The molecule has 4 nitrogen and oxygen atoms in total. The minimum atomic E-state index is 0.0412. The molecule has 1 saturated carbocycles. The molecular weight excluding hydrogens is 300 g/mol. The summed E-state index contributed by atoms with van der Waals surface area (Å²) in [5.74, 6) is 2.52. The molecule has 4 atom stereocenters. The Morgan fingerprint density at radius 3 is 2.79 bits per heavy atom. The molecule has 1 amide bonds. The van der Waals surface area contributed by atoms with Gasteiger partial charge >= 0.3 is 0 Å². The van der Waals surface area contributed by atoms with E-state index in [1.807, 2.05) is 35.2 Å². The quantitative estimate of drug-likeness (QED) is 0.928. The number of carbonyl (C=O) groups is 1. The highest BCUT2D eigenvalue weighted by Gasteiger charge is 2.41.